The van der Waals surface area contributed by atoms with Crippen molar-refractivity contribution in [3.05, 3.63) is 24.3 Å². The fourth-order valence-corrected chi connectivity index (χ4v) is 3.04. The van der Waals surface area contributed by atoms with Gasteiger partial charge in [-0.05, 0) is 49.9 Å². The third-order valence-electron chi connectivity index (χ3n) is 5.14. The van der Waals surface area contributed by atoms with Crippen LogP contribution >= 0.6 is 12.4 Å². The van der Waals surface area contributed by atoms with Gasteiger partial charge in [0.15, 0.2) is 0 Å². The van der Waals surface area contributed by atoms with E-state index in [9.17, 15) is 9.59 Å². The van der Waals surface area contributed by atoms with E-state index in [1.54, 1.807) is 24.3 Å². The number of rotatable bonds is 8. The summed E-state index contributed by atoms with van der Waals surface area (Å²) in [6.07, 6.45) is 3.52. The minimum atomic E-state index is -0.543. The van der Waals surface area contributed by atoms with Gasteiger partial charge in [-0.15, -0.1) is 12.4 Å². The second-order valence-electron chi connectivity index (χ2n) is 6.69. The summed E-state index contributed by atoms with van der Waals surface area (Å²) in [6, 6.07) is 6.77. The molecule has 0 radical (unpaired) electrons. The van der Waals surface area contributed by atoms with E-state index in [4.69, 9.17) is 10.5 Å². The van der Waals surface area contributed by atoms with Gasteiger partial charge in [-0.3, -0.25) is 4.79 Å². The van der Waals surface area contributed by atoms with Crippen molar-refractivity contribution in [2.24, 2.45) is 11.1 Å². The minimum absolute atomic E-state index is 0. The highest BCUT2D eigenvalue weighted by Crippen LogP contribution is 2.27. The van der Waals surface area contributed by atoms with Gasteiger partial charge in [-0.2, -0.15) is 0 Å². The number of nitrogens with one attached hydrogen (secondary N) is 3. The molecule has 1 aliphatic rings. The van der Waals surface area contributed by atoms with Gasteiger partial charge in [0, 0.05) is 31.1 Å². The molecule has 0 saturated carbocycles. The molecule has 5 N–H and O–H groups in total. The summed E-state index contributed by atoms with van der Waals surface area (Å²) in [4.78, 5) is 24.4. The Morgan fingerprint density at radius 2 is 1.74 bits per heavy atom. The Bertz CT molecular complexity index is 591. The second-order valence-corrected chi connectivity index (χ2v) is 6.69. The lowest BCUT2D eigenvalue weighted by Crippen LogP contribution is -2.41. The molecule has 1 saturated heterocycles. The van der Waals surface area contributed by atoms with Crippen molar-refractivity contribution in [3.63, 3.8) is 0 Å². The van der Waals surface area contributed by atoms with Gasteiger partial charge < -0.3 is 26.4 Å². The summed E-state index contributed by atoms with van der Waals surface area (Å²) >= 11 is 0. The van der Waals surface area contributed by atoms with Gasteiger partial charge >= 0.3 is 6.03 Å². The normalized spacial score (nSPS) is 16.3. The number of benzene rings is 1. The fraction of sp³-hybridized carbons (Fsp3) is 0.579. The molecule has 1 aromatic rings. The first-order valence-electron chi connectivity index (χ1n) is 9.31. The summed E-state index contributed by atoms with van der Waals surface area (Å²) < 4.78 is 5.47. The SMILES string of the molecule is CCC(CC)(CN)C(=O)Nc1ccc(NC(=O)NCC2CCCO2)cc1.Cl. The third-order valence-corrected chi connectivity index (χ3v) is 5.14. The average molecular weight is 399 g/mol. The van der Waals surface area contributed by atoms with Gasteiger partial charge in [-0.1, -0.05) is 13.8 Å². The molecular weight excluding hydrogens is 368 g/mol. The van der Waals surface area contributed by atoms with Gasteiger partial charge in [-0.25, -0.2) is 4.79 Å². The van der Waals surface area contributed by atoms with E-state index in [1.165, 1.54) is 0 Å². The van der Waals surface area contributed by atoms with Gasteiger partial charge in [0.2, 0.25) is 5.91 Å². The highest BCUT2D eigenvalue weighted by Gasteiger charge is 2.33. The molecule has 8 heteroatoms. The molecule has 0 aliphatic carbocycles. The molecule has 1 atom stereocenters. The second kappa shape index (κ2) is 11.1. The van der Waals surface area contributed by atoms with Crippen molar-refractivity contribution in [3.8, 4) is 0 Å². The zero-order valence-corrected chi connectivity index (χ0v) is 16.9. The minimum Gasteiger partial charge on any atom is -0.376 e. The molecule has 27 heavy (non-hydrogen) atoms. The number of amides is 3. The predicted molar refractivity (Wildman–Crippen MR) is 110 cm³/mol. The van der Waals surface area contributed by atoms with Crippen LogP contribution in [0.3, 0.4) is 0 Å². The Kier molecular flexibility index (Phi) is 9.55. The topological polar surface area (TPSA) is 105 Å². The molecule has 1 aromatic carbocycles. The lowest BCUT2D eigenvalue weighted by molar-refractivity contribution is -0.125. The number of urea groups is 1. The highest BCUT2D eigenvalue weighted by atomic mass is 35.5. The van der Waals surface area contributed by atoms with Crippen molar-refractivity contribution in [1.29, 1.82) is 0 Å². The lowest BCUT2D eigenvalue weighted by Gasteiger charge is -2.28. The number of carbonyl (C=O) groups excluding carboxylic acids is 2. The van der Waals surface area contributed by atoms with E-state index in [2.05, 4.69) is 16.0 Å². The monoisotopic (exact) mass is 398 g/mol. The summed E-state index contributed by atoms with van der Waals surface area (Å²) in [6.45, 7) is 5.53. The Balaban J connectivity index is 0.00000364. The summed E-state index contributed by atoms with van der Waals surface area (Å²) in [7, 11) is 0. The lowest BCUT2D eigenvalue weighted by atomic mass is 9.81. The van der Waals surface area contributed by atoms with Crippen molar-refractivity contribution in [2.45, 2.75) is 45.6 Å². The van der Waals surface area contributed by atoms with Crippen molar-refractivity contribution in [2.75, 3.05) is 30.3 Å². The zero-order chi connectivity index (χ0) is 19.0. The summed E-state index contributed by atoms with van der Waals surface area (Å²) in [5.41, 5.74) is 6.61. The first-order valence-corrected chi connectivity index (χ1v) is 9.31. The molecule has 1 fully saturated rings. The van der Waals surface area contributed by atoms with Crippen LogP contribution in [0.5, 0.6) is 0 Å². The molecule has 7 nitrogen and oxygen atoms in total. The standard InChI is InChI=1S/C19H30N4O3.ClH/c1-3-19(4-2,13-20)17(24)22-14-7-9-15(10-8-14)23-18(25)21-12-16-6-5-11-26-16;/h7-10,16H,3-6,11-13,20H2,1-2H3,(H,22,24)(H2,21,23,25);1H. The molecule has 0 bridgehead atoms. The largest absolute Gasteiger partial charge is 0.376 e. The van der Waals surface area contributed by atoms with E-state index >= 15 is 0 Å². The highest BCUT2D eigenvalue weighted by molar-refractivity contribution is 5.96. The van der Waals surface area contributed by atoms with Crippen LogP contribution < -0.4 is 21.7 Å². The molecule has 3 amide bonds. The number of nitrogens with two attached hydrogens (primary N) is 1. The Hall–Kier alpha value is -1.83. The molecule has 1 unspecified atom stereocenters. The molecule has 2 rings (SSSR count). The van der Waals surface area contributed by atoms with Crippen LogP contribution in [0.2, 0.25) is 0 Å². The Labute approximate surface area is 167 Å². The maximum Gasteiger partial charge on any atom is 0.319 e. The number of hydrogen-bond donors (Lipinski definition) is 4. The van der Waals surface area contributed by atoms with Gasteiger partial charge in [0.1, 0.15) is 0 Å². The Morgan fingerprint density at radius 1 is 1.15 bits per heavy atom. The van der Waals surface area contributed by atoms with Gasteiger partial charge in [0.05, 0.1) is 11.5 Å². The van der Waals surface area contributed by atoms with Crippen LogP contribution in [-0.4, -0.2) is 37.7 Å². The van der Waals surface area contributed by atoms with Crippen molar-refractivity contribution >= 4 is 35.7 Å². The number of anilines is 2. The van der Waals surface area contributed by atoms with E-state index in [0.29, 0.717) is 37.3 Å². The quantitative estimate of drug-likeness (QED) is 0.539. The Morgan fingerprint density at radius 3 is 2.22 bits per heavy atom. The molecule has 152 valence electrons. The number of halogens is 1. The van der Waals surface area contributed by atoms with E-state index in [1.807, 2.05) is 13.8 Å². The molecule has 1 aliphatic heterocycles. The van der Waals surface area contributed by atoms with Crippen LogP contribution in [0.1, 0.15) is 39.5 Å². The number of carbonyl (C=O) groups is 2. The third kappa shape index (κ3) is 6.37. The van der Waals surface area contributed by atoms with Gasteiger partial charge in [0.25, 0.3) is 0 Å². The first kappa shape index (κ1) is 23.2. The van der Waals surface area contributed by atoms with Crippen LogP contribution in [0, 0.1) is 5.41 Å². The maximum atomic E-state index is 12.5. The molecule has 0 spiro atoms. The smallest absolute Gasteiger partial charge is 0.319 e. The van der Waals surface area contributed by atoms with Crippen LogP contribution in [0.15, 0.2) is 24.3 Å². The molecule has 1 heterocycles. The fourth-order valence-electron chi connectivity index (χ4n) is 3.04. The average Bonchev–Trinajstić information content (AvgIpc) is 3.17. The molecule has 0 aromatic heterocycles. The van der Waals surface area contributed by atoms with Crippen molar-refractivity contribution in [1.82, 2.24) is 5.32 Å². The van der Waals surface area contributed by atoms with E-state index in [0.717, 1.165) is 19.4 Å². The van der Waals surface area contributed by atoms with Crippen LogP contribution in [-0.2, 0) is 9.53 Å². The van der Waals surface area contributed by atoms with Crippen LogP contribution in [0.25, 0.3) is 0 Å². The summed E-state index contributed by atoms with van der Waals surface area (Å²) in [5.74, 6) is -0.0694. The maximum absolute atomic E-state index is 12.5. The first-order chi connectivity index (χ1) is 12.5. The summed E-state index contributed by atoms with van der Waals surface area (Å²) in [5, 5.41) is 8.49. The predicted octanol–water partition coefficient (Wildman–Crippen LogP) is 3.11. The van der Waals surface area contributed by atoms with Crippen LogP contribution in [0.4, 0.5) is 16.2 Å². The zero-order valence-electron chi connectivity index (χ0n) is 16.0. The number of ether oxygens (including phenoxy) is 1. The molecular formula is C19H31ClN4O3. The van der Waals surface area contributed by atoms with E-state index < -0.39 is 5.41 Å². The van der Waals surface area contributed by atoms with Crippen molar-refractivity contribution < 1.29 is 14.3 Å². The van der Waals surface area contributed by atoms with E-state index in [-0.39, 0.29) is 30.4 Å². The number of hydrogen-bond acceptors (Lipinski definition) is 4.